The van der Waals surface area contributed by atoms with Crippen LogP contribution in [-0.2, 0) is 15.0 Å². The van der Waals surface area contributed by atoms with Gasteiger partial charge in [-0.15, -0.1) is 0 Å². The first-order valence-electron chi connectivity index (χ1n) is 9.66. The van der Waals surface area contributed by atoms with E-state index in [2.05, 4.69) is 5.32 Å². The van der Waals surface area contributed by atoms with Gasteiger partial charge in [-0.05, 0) is 42.7 Å². The third-order valence-corrected chi connectivity index (χ3v) is 6.81. The molecular formula is C22H23N3O4. The number of methoxy groups -OCH3 is 1. The van der Waals surface area contributed by atoms with Crippen molar-refractivity contribution in [1.29, 1.82) is 0 Å². The normalized spacial score (nSPS) is 32.6. The van der Waals surface area contributed by atoms with Gasteiger partial charge in [0, 0.05) is 12.7 Å². The van der Waals surface area contributed by atoms with Gasteiger partial charge in [-0.25, -0.2) is 0 Å². The van der Waals surface area contributed by atoms with Gasteiger partial charge >= 0.3 is 0 Å². The fourth-order valence-corrected chi connectivity index (χ4v) is 5.14. The van der Waals surface area contributed by atoms with Crippen LogP contribution in [0.3, 0.4) is 0 Å². The van der Waals surface area contributed by atoms with Crippen LogP contribution in [0.5, 0.6) is 5.75 Å². The summed E-state index contributed by atoms with van der Waals surface area (Å²) in [6.07, 6.45) is -0.0196. The largest absolute Gasteiger partial charge is 0.497 e. The number of benzene rings is 2. The van der Waals surface area contributed by atoms with Crippen molar-refractivity contribution in [1.82, 2.24) is 9.80 Å². The third-order valence-electron chi connectivity index (χ3n) is 6.81. The summed E-state index contributed by atoms with van der Waals surface area (Å²) in [5, 5.41) is 14.2. The van der Waals surface area contributed by atoms with Crippen molar-refractivity contribution in [3.05, 3.63) is 59.7 Å². The summed E-state index contributed by atoms with van der Waals surface area (Å²) in [6.45, 7) is 1.37. The summed E-state index contributed by atoms with van der Waals surface area (Å²) in [5.41, 5.74) is 0.510. The molecule has 7 heteroatoms. The molecule has 2 amide bonds. The molecule has 0 aliphatic carbocycles. The Morgan fingerprint density at radius 2 is 1.83 bits per heavy atom. The molecule has 7 nitrogen and oxygen atoms in total. The monoisotopic (exact) mass is 393 g/mol. The second kappa shape index (κ2) is 5.73. The van der Waals surface area contributed by atoms with Gasteiger partial charge in [0.05, 0.1) is 12.5 Å². The van der Waals surface area contributed by atoms with E-state index in [1.165, 1.54) is 14.0 Å². The van der Waals surface area contributed by atoms with E-state index in [-0.39, 0.29) is 5.91 Å². The SMILES string of the molecule is COc1ccc([C@]23CC4C(=O)N(C)[C@](C)(O)C(=O)N4[C@H]2Nc2ccccc23)cc1. The maximum absolute atomic E-state index is 13.3. The van der Waals surface area contributed by atoms with Crippen LogP contribution in [0.4, 0.5) is 5.69 Å². The summed E-state index contributed by atoms with van der Waals surface area (Å²) in [6, 6.07) is 15.1. The molecule has 0 radical (unpaired) electrons. The highest BCUT2D eigenvalue weighted by Crippen LogP contribution is 2.56. The fourth-order valence-electron chi connectivity index (χ4n) is 5.14. The molecule has 150 valence electrons. The molecule has 4 atom stereocenters. The van der Waals surface area contributed by atoms with E-state index in [4.69, 9.17) is 4.74 Å². The van der Waals surface area contributed by atoms with Crippen molar-refractivity contribution >= 4 is 17.5 Å². The smallest absolute Gasteiger partial charge is 0.278 e. The van der Waals surface area contributed by atoms with E-state index < -0.39 is 29.3 Å². The number of rotatable bonds is 2. The van der Waals surface area contributed by atoms with Gasteiger partial charge in [0.25, 0.3) is 5.91 Å². The van der Waals surface area contributed by atoms with Crippen molar-refractivity contribution in [3.63, 3.8) is 0 Å². The van der Waals surface area contributed by atoms with E-state index in [1.54, 1.807) is 12.0 Å². The Morgan fingerprint density at radius 1 is 1.14 bits per heavy atom. The Labute approximate surface area is 168 Å². The molecule has 2 N–H and O–H groups in total. The highest BCUT2D eigenvalue weighted by atomic mass is 16.5. The average molecular weight is 393 g/mol. The van der Waals surface area contributed by atoms with Gasteiger partial charge < -0.3 is 25.0 Å². The lowest BCUT2D eigenvalue weighted by molar-refractivity contribution is -0.192. The molecule has 29 heavy (non-hydrogen) atoms. The number of ether oxygens (including phenoxy) is 1. The first-order valence-corrected chi connectivity index (χ1v) is 9.66. The van der Waals surface area contributed by atoms with Crippen molar-refractivity contribution in [2.24, 2.45) is 0 Å². The lowest BCUT2D eigenvalue weighted by atomic mass is 9.72. The Hall–Kier alpha value is -3.06. The number of nitrogens with zero attached hydrogens (tertiary/aromatic N) is 2. The maximum atomic E-state index is 13.3. The average Bonchev–Trinajstić information content (AvgIpc) is 3.23. The Bertz CT molecular complexity index is 1020. The summed E-state index contributed by atoms with van der Waals surface area (Å²) >= 11 is 0. The van der Waals surface area contributed by atoms with Crippen molar-refractivity contribution in [2.75, 3.05) is 19.5 Å². The zero-order chi connectivity index (χ0) is 20.6. The number of hydrogen-bond donors (Lipinski definition) is 2. The lowest BCUT2D eigenvalue weighted by Crippen LogP contribution is -2.69. The van der Waals surface area contributed by atoms with Crippen LogP contribution in [0.15, 0.2) is 48.5 Å². The molecule has 0 spiro atoms. The first-order chi connectivity index (χ1) is 13.8. The molecule has 2 aromatic rings. The van der Waals surface area contributed by atoms with Crippen LogP contribution in [0.1, 0.15) is 24.5 Å². The molecule has 3 aliphatic heterocycles. The Morgan fingerprint density at radius 3 is 2.52 bits per heavy atom. The molecule has 3 aliphatic rings. The second-order valence-electron chi connectivity index (χ2n) is 8.14. The molecule has 2 fully saturated rings. The zero-order valence-corrected chi connectivity index (χ0v) is 16.5. The summed E-state index contributed by atoms with van der Waals surface area (Å²) in [5.74, 6) is 0.0212. The molecule has 0 bridgehead atoms. The summed E-state index contributed by atoms with van der Waals surface area (Å²) < 4.78 is 5.31. The molecule has 1 unspecified atom stereocenters. The summed E-state index contributed by atoms with van der Waals surface area (Å²) in [4.78, 5) is 29.1. The molecule has 2 aromatic carbocycles. The highest BCUT2D eigenvalue weighted by molar-refractivity contribution is 6.00. The predicted octanol–water partition coefficient (Wildman–Crippen LogP) is 1.51. The van der Waals surface area contributed by atoms with Gasteiger partial charge in [0.2, 0.25) is 11.6 Å². The minimum absolute atomic E-state index is 0.254. The van der Waals surface area contributed by atoms with Crippen LogP contribution in [-0.4, -0.2) is 58.8 Å². The Balaban J connectivity index is 1.72. The molecule has 5 rings (SSSR count). The number of likely N-dealkylation sites (N-methyl/N-ethyl adjacent to an activating group) is 1. The van der Waals surface area contributed by atoms with Gasteiger partial charge in [-0.3, -0.25) is 9.59 Å². The molecule has 2 saturated heterocycles. The van der Waals surface area contributed by atoms with E-state index in [0.29, 0.717) is 6.42 Å². The van der Waals surface area contributed by atoms with Gasteiger partial charge in [-0.2, -0.15) is 0 Å². The number of carbonyl (C=O) groups is 2. The van der Waals surface area contributed by atoms with E-state index in [0.717, 1.165) is 27.5 Å². The number of amides is 2. The van der Waals surface area contributed by atoms with E-state index in [1.807, 2.05) is 48.5 Å². The third kappa shape index (κ3) is 2.11. The number of nitrogens with one attached hydrogen (secondary N) is 1. The number of para-hydroxylation sites is 1. The van der Waals surface area contributed by atoms with E-state index in [9.17, 15) is 14.7 Å². The molecular weight excluding hydrogens is 370 g/mol. The number of anilines is 1. The minimum Gasteiger partial charge on any atom is -0.497 e. The van der Waals surface area contributed by atoms with Gasteiger partial charge in [-0.1, -0.05) is 30.3 Å². The number of fused-ring (bicyclic) bond motifs is 5. The van der Waals surface area contributed by atoms with E-state index >= 15 is 0 Å². The van der Waals surface area contributed by atoms with Crippen molar-refractivity contribution in [3.8, 4) is 5.75 Å². The lowest BCUT2D eigenvalue weighted by Gasteiger charge is -2.45. The molecule has 0 saturated carbocycles. The predicted molar refractivity (Wildman–Crippen MR) is 106 cm³/mol. The summed E-state index contributed by atoms with van der Waals surface area (Å²) in [7, 11) is 3.10. The number of piperazine rings is 1. The van der Waals surface area contributed by atoms with Crippen LogP contribution in [0.25, 0.3) is 0 Å². The van der Waals surface area contributed by atoms with Crippen molar-refractivity contribution in [2.45, 2.75) is 36.7 Å². The zero-order valence-electron chi connectivity index (χ0n) is 16.5. The molecule has 0 aromatic heterocycles. The first kappa shape index (κ1) is 18.0. The van der Waals surface area contributed by atoms with Gasteiger partial charge in [0.1, 0.15) is 18.0 Å². The number of aliphatic hydroxyl groups is 1. The van der Waals surface area contributed by atoms with Crippen LogP contribution in [0, 0.1) is 0 Å². The number of hydrogen-bond acceptors (Lipinski definition) is 5. The van der Waals surface area contributed by atoms with Crippen LogP contribution in [0.2, 0.25) is 0 Å². The maximum Gasteiger partial charge on any atom is 0.278 e. The highest BCUT2D eigenvalue weighted by Gasteiger charge is 2.66. The standard InChI is InChI=1S/C22H23N3O4/c1-21(28)20(27)25-17(18(26)24(21)2)12-22(13-8-10-14(29-3)11-9-13)15-6-4-5-7-16(15)23-19(22)25/h4-11,17,19,23,28H,12H2,1-3H3/t17?,19-,21-,22+/m1/s1. The van der Waals surface area contributed by atoms with Crippen LogP contribution < -0.4 is 10.1 Å². The topological polar surface area (TPSA) is 82.1 Å². The molecule has 3 heterocycles. The number of carbonyl (C=O) groups excluding carboxylic acids is 2. The fraction of sp³-hybridized carbons (Fsp3) is 0.364. The van der Waals surface area contributed by atoms with Crippen molar-refractivity contribution < 1.29 is 19.4 Å². The second-order valence-corrected chi connectivity index (χ2v) is 8.14. The van der Waals surface area contributed by atoms with Gasteiger partial charge in [0.15, 0.2) is 0 Å². The minimum atomic E-state index is -1.87. The quantitative estimate of drug-likeness (QED) is 0.808. The Kier molecular flexibility index (Phi) is 3.56. The van der Waals surface area contributed by atoms with Crippen LogP contribution >= 0.6 is 0 Å².